The van der Waals surface area contributed by atoms with Crippen LogP contribution < -0.4 is 0 Å². The van der Waals surface area contributed by atoms with Gasteiger partial charge in [-0.05, 0) is 37.8 Å². The first-order valence-electron chi connectivity index (χ1n) is 11.0. The zero-order valence-electron chi connectivity index (χ0n) is 17.7. The van der Waals surface area contributed by atoms with Crippen LogP contribution in [-0.2, 0) is 10.0 Å². The summed E-state index contributed by atoms with van der Waals surface area (Å²) in [4.78, 5) is 15.0. The number of ketones is 1. The SMILES string of the molecule is CCCS(=O)(=O)N1CCN(C2(CCC(=O)c3ccc(F)cc3F)CCCCC2)CC1. The highest BCUT2D eigenvalue weighted by atomic mass is 32.2. The number of Topliss-reactive ketones (excluding diaryl/α,β-unsaturated/α-hetero) is 1. The van der Waals surface area contributed by atoms with Crippen LogP contribution in [-0.4, -0.2) is 60.9 Å². The monoisotopic (exact) mass is 442 g/mol. The third kappa shape index (κ3) is 5.26. The number of rotatable bonds is 8. The second-order valence-corrected chi connectivity index (χ2v) is 10.6. The first-order chi connectivity index (χ1) is 14.3. The molecule has 0 bridgehead atoms. The van der Waals surface area contributed by atoms with Crippen LogP contribution in [0.25, 0.3) is 0 Å². The molecule has 2 fully saturated rings. The summed E-state index contributed by atoms with van der Waals surface area (Å²) in [5.41, 5.74) is -0.205. The van der Waals surface area contributed by atoms with Crippen LogP contribution in [0.15, 0.2) is 18.2 Å². The van der Waals surface area contributed by atoms with Crippen molar-refractivity contribution in [2.24, 2.45) is 0 Å². The lowest BCUT2D eigenvalue weighted by Crippen LogP contribution is -2.58. The highest BCUT2D eigenvalue weighted by Gasteiger charge is 2.40. The Morgan fingerprint density at radius 1 is 1.07 bits per heavy atom. The fourth-order valence-electron chi connectivity index (χ4n) is 4.96. The average molecular weight is 443 g/mol. The molecule has 0 spiro atoms. The van der Waals surface area contributed by atoms with E-state index in [1.165, 1.54) is 6.07 Å². The van der Waals surface area contributed by atoms with E-state index in [1.807, 2.05) is 6.92 Å². The average Bonchev–Trinajstić information content (AvgIpc) is 2.73. The van der Waals surface area contributed by atoms with Crippen LogP contribution in [0, 0.1) is 11.6 Å². The fraction of sp³-hybridized carbons (Fsp3) is 0.682. The van der Waals surface area contributed by atoms with Gasteiger partial charge < -0.3 is 0 Å². The molecule has 0 amide bonds. The van der Waals surface area contributed by atoms with Crippen LogP contribution in [0.2, 0.25) is 0 Å². The Hall–Kier alpha value is -1.38. The van der Waals surface area contributed by atoms with E-state index in [0.717, 1.165) is 44.2 Å². The quantitative estimate of drug-likeness (QED) is 0.572. The van der Waals surface area contributed by atoms with Crippen molar-refractivity contribution in [1.82, 2.24) is 9.21 Å². The number of halogens is 2. The van der Waals surface area contributed by atoms with E-state index >= 15 is 0 Å². The first kappa shape index (κ1) is 23.3. The molecule has 1 aliphatic carbocycles. The Morgan fingerprint density at radius 3 is 2.33 bits per heavy atom. The zero-order chi connectivity index (χ0) is 21.8. The predicted octanol–water partition coefficient (Wildman–Crippen LogP) is 3.99. The van der Waals surface area contributed by atoms with Crippen LogP contribution in [0.4, 0.5) is 8.78 Å². The second-order valence-electron chi connectivity index (χ2n) is 8.53. The third-order valence-corrected chi connectivity index (χ3v) is 8.67. The molecule has 1 aromatic rings. The summed E-state index contributed by atoms with van der Waals surface area (Å²) >= 11 is 0. The van der Waals surface area contributed by atoms with E-state index in [2.05, 4.69) is 4.90 Å². The van der Waals surface area contributed by atoms with Gasteiger partial charge in [-0.25, -0.2) is 17.2 Å². The van der Waals surface area contributed by atoms with Gasteiger partial charge in [0.05, 0.1) is 11.3 Å². The Balaban J connectivity index is 1.67. The van der Waals surface area contributed by atoms with Gasteiger partial charge in [-0.3, -0.25) is 9.69 Å². The number of piperazine rings is 1. The van der Waals surface area contributed by atoms with Gasteiger partial charge in [0.1, 0.15) is 11.6 Å². The highest BCUT2D eigenvalue weighted by molar-refractivity contribution is 7.89. The van der Waals surface area contributed by atoms with Crippen LogP contribution >= 0.6 is 0 Å². The number of carbonyl (C=O) groups is 1. The van der Waals surface area contributed by atoms with Crippen molar-refractivity contribution in [3.63, 3.8) is 0 Å². The molecule has 2 aliphatic rings. The molecule has 1 aliphatic heterocycles. The molecule has 0 N–H and O–H groups in total. The molecule has 168 valence electrons. The molecule has 30 heavy (non-hydrogen) atoms. The standard InChI is InChI=1S/C22H32F2N2O3S/c1-2-16-30(28,29)26-14-12-25(13-15-26)22(9-4-3-5-10-22)11-8-21(27)19-7-6-18(23)17-20(19)24/h6-7,17H,2-5,8-16H2,1H3. The first-order valence-corrected chi connectivity index (χ1v) is 12.6. The molecule has 8 heteroatoms. The molecule has 1 saturated carbocycles. The van der Waals surface area contributed by atoms with Crippen molar-refractivity contribution in [2.45, 2.75) is 63.8 Å². The molecular formula is C22H32F2N2O3S. The van der Waals surface area contributed by atoms with Gasteiger partial charge in [-0.15, -0.1) is 0 Å². The summed E-state index contributed by atoms with van der Waals surface area (Å²) < 4.78 is 53.5. The second kappa shape index (κ2) is 9.83. The maximum absolute atomic E-state index is 14.0. The lowest BCUT2D eigenvalue weighted by atomic mass is 9.76. The molecule has 5 nitrogen and oxygen atoms in total. The van der Waals surface area contributed by atoms with E-state index in [-0.39, 0.29) is 29.1 Å². The maximum atomic E-state index is 14.0. The van der Waals surface area contributed by atoms with Crippen molar-refractivity contribution in [3.8, 4) is 0 Å². The van der Waals surface area contributed by atoms with Crippen molar-refractivity contribution < 1.29 is 22.0 Å². The fourth-order valence-corrected chi connectivity index (χ4v) is 6.45. The van der Waals surface area contributed by atoms with Gasteiger partial charge in [-0.1, -0.05) is 26.2 Å². The van der Waals surface area contributed by atoms with Crippen LogP contribution in [0.5, 0.6) is 0 Å². The number of nitrogens with zero attached hydrogens (tertiary/aromatic N) is 2. The molecule has 0 unspecified atom stereocenters. The largest absolute Gasteiger partial charge is 0.295 e. The molecule has 0 radical (unpaired) electrons. The van der Waals surface area contributed by atoms with E-state index < -0.39 is 21.7 Å². The van der Waals surface area contributed by atoms with Crippen LogP contribution in [0.1, 0.15) is 68.6 Å². The van der Waals surface area contributed by atoms with Gasteiger partial charge in [0.2, 0.25) is 10.0 Å². The molecular weight excluding hydrogens is 410 g/mol. The van der Waals surface area contributed by atoms with Crippen molar-refractivity contribution >= 4 is 15.8 Å². The summed E-state index contributed by atoms with van der Waals surface area (Å²) in [6, 6.07) is 3.08. The topological polar surface area (TPSA) is 57.7 Å². The van der Waals surface area contributed by atoms with Gasteiger partial charge in [0, 0.05) is 44.2 Å². The minimum absolute atomic E-state index is 0.0576. The summed E-state index contributed by atoms with van der Waals surface area (Å²) in [6.45, 7) is 4.13. The lowest BCUT2D eigenvalue weighted by molar-refractivity contribution is 0.0165. The molecule has 0 atom stereocenters. The van der Waals surface area contributed by atoms with Crippen molar-refractivity contribution in [3.05, 3.63) is 35.4 Å². The Bertz CT molecular complexity index is 846. The number of carbonyl (C=O) groups excluding carboxylic acids is 1. The summed E-state index contributed by atoms with van der Waals surface area (Å²) in [7, 11) is -3.20. The van der Waals surface area contributed by atoms with E-state index in [1.54, 1.807) is 4.31 Å². The third-order valence-electron chi connectivity index (χ3n) is 6.60. The smallest absolute Gasteiger partial charge is 0.214 e. The molecule has 1 heterocycles. The zero-order valence-corrected chi connectivity index (χ0v) is 18.5. The van der Waals surface area contributed by atoms with Gasteiger partial charge in [-0.2, -0.15) is 4.31 Å². The lowest BCUT2D eigenvalue weighted by Gasteiger charge is -2.50. The van der Waals surface area contributed by atoms with Crippen molar-refractivity contribution in [2.75, 3.05) is 31.9 Å². The van der Waals surface area contributed by atoms with Crippen LogP contribution in [0.3, 0.4) is 0 Å². The number of benzene rings is 1. The number of hydrogen-bond acceptors (Lipinski definition) is 4. The summed E-state index contributed by atoms with van der Waals surface area (Å²) in [5.74, 6) is -1.63. The van der Waals surface area contributed by atoms with E-state index in [9.17, 15) is 22.0 Å². The molecule has 1 saturated heterocycles. The van der Waals surface area contributed by atoms with Crippen molar-refractivity contribution in [1.29, 1.82) is 0 Å². The molecule has 3 rings (SSSR count). The highest BCUT2D eigenvalue weighted by Crippen LogP contribution is 2.38. The van der Waals surface area contributed by atoms with Gasteiger partial charge in [0.25, 0.3) is 0 Å². The minimum atomic E-state index is -3.20. The molecule has 1 aromatic carbocycles. The summed E-state index contributed by atoms with van der Waals surface area (Å²) in [5, 5.41) is 0. The van der Waals surface area contributed by atoms with Gasteiger partial charge in [0.15, 0.2) is 5.78 Å². The minimum Gasteiger partial charge on any atom is -0.295 e. The Labute approximate surface area is 178 Å². The predicted molar refractivity (Wildman–Crippen MR) is 113 cm³/mol. The number of sulfonamides is 1. The van der Waals surface area contributed by atoms with Gasteiger partial charge >= 0.3 is 0 Å². The summed E-state index contributed by atoms with van der Waals surface area (Å²) in [6.07, 6.45) is 6.67. The Kier molecular flexibility index (Phi) is 7.63. The Morgan fingerprint density at radius 2 is 1.73 bits per heavy atom. The number of hydrogen-bond donors (Lipinski definition) is 0. The normalized spacial score (nSPS) is 20.9. The van der Waals surface area contributed by atoms with E-state index in [0.29, 0.717) is 39.0 Å². The molecule has 0 aromatic heterocycles. The van der Waals surface area contributed by atoms with E-state index in [4.69, 9.17) is 0 Å². The maximum Gasteiger partial charge on any atom is 0.214 e.